The normalized spacial score (nSPS) is 11.4. The van der Waals surface area contributed by atoms with Gasteiger partial charge in [-0.25, -0.2) is 0 Å². The standard InChI is InChI=1S/C16H28ClN3/c1-13(2)11-18-12-14-15(17)7-6-8-16(14)20(5)10-9-19(3)4/h6-8,13,18H,9-12H2,1-5H3. The molecule has 0 spiro atoms. The number of nitrogens with zero attached hydrogens (tertiary/aromatic N) is 2. The fourth-order valence-electron chi connectivity index (χ4n) is 2.04. The van der Waals surface area contributed by atoms with Gasteiger partial charge in [0, 0.05) is 43.0 Å². The number of anilines is 1. The quantitative estimate of drug-likeness (QED) is 0.795. The Morgan fingerprint density at radius 2 is 1.85 bits per heavy atom. The van der Waals surface area contributed by atoms with Crippen LogP contribution in [0.1, 0.15) is 19.4 Å². The van der Waals surface area contributed by atoms with Crippen molar-refractivity contribution in [2.45, 2.75) is 20.4 Å². The van der Waals surface area contributed by atoms with Crippen molar-refractivity contribution in [3.8, 4) is 0 Å². The van der Waals surface area contributed by atoms with E-state index in [1.165, 1.54) is 11.3 Å². The van der Waals surface area contributed by atoms with Crippen LogP contribution in [0.25, 0.3) is 0 Å². The Labute approximate surface area is 128 Å². The number of nitrogens with one attached hydrogen (secondary N) is 1. The highest BCUT2D eigenvalue weighted by Gasteiger charge is 2.11. The molecular weight excluding hydrogens is 270 g/mol. The van der Waals surface area contributed by atoms with Gasteiger partial charge in [0.1, 0.15) is 0 Å². The van der Waals surface area contributed by atoms with Crippen LogP contribution in [0.3, 0.4) is 0 Å². The molecule has 0 amide bonds. The number of hydrogen-bond donors (Lipinski definition) is 1. The number of halogens is 1. The lowest BCUT2D eigenvalue weighted by molar-refractivity contribution is 0.416. The Hall–Kier alpha value is -0.770. The highest BCUT2D eigenvalue weighted by Crippen LogP contribution is 2.26. The molecule has 1 aromatic rings. The van der Waals surface area contributed by atoms with Crippen LogP contribution >= 0.6 is 11.6 Å². The van der Waals surface area contributed by atoms with E-state index in [4.69, 9.17) is 11.6 Å². The summed E-state index contributed by atoms with van der Waals surface area (Å²) in [7, 11) is 6.31. The van der Waals surface area contributed by atoms with Crippen molar-refractivity contribution in [3.63, 3.8) is 0 Å². The lowest BCUT2D eigenvalue weighted by Gasteiger charge is -2.25. The predicted molar refractivity (Wildman–Crippen MR) is 89.8 cm³/mol. The van der Waals surface area contributed by atoms with Crippen LogP contribution in [0.5, 0.6) is 0 Å². The summed E-state index contributed by atoms with van der Waals surface area (Å²) in [6.07, 6.45) is 0. The van der Waals surface area contributed by atoms with Gasteiger partial charge in [-0.15, -0.1) is 0 Å². The third kappa shape index (κ3) is 5.70. The van der Waals surface area contributed by atoms with Crippen LogP contribution in [0.4, 0.5) is 5.69 Å². The number of likely N-dealkylation sites (N-methyl/N-ethyl adjacent to an activating group) is 2. The molecule has 0 unspecified atom stereocenters. The fourth-order valence-corrected chi connectivity index (χ4v) is 2.27. The zero-order valence-corrected chi connectivity index (χ0v) is 14.2. The summed E-state index contributed by atoms with van der Waals surface area (Å²) in [6.45, 7) is 8.27. The molecule has 0 heterocycles. The third-order valence-electron chi connectivity index (χ3n) is 3.24. The van der Waals surface area contributed by atoms with Crippen LogP contribution in [-0.2, 0) is 6.54 Å². The summed E-state index contributed by atoms with van der Waals surface area (Å²) in [4.78, 5) is 4.47. The molecule has 0 aromatic heterocycles. The lowest BCUT2D eigenvalue weighted by atomic mass is 10.1. The van der Waals surface area contributed by atoms with Gasteiger partial charge in [-0.05, 0) is 38.7 Å². The molecule has 0 bridgehead atoms. The molecular formula is C16H28ClN3. The second-order valence-corrected chi connectivity index (χ2v) is 6.39. The van der Waals surface area contributed by atoms with Gasteiger partial charge >= 0.3 is 0 Å². The minimum Gasteiger partial charge on any atom is -0.373 e. The summed E-state index contributed by atoms with van der Waals surface area (Å²) < 4.78 is 0. The summed E-state index contributed by atoms with van der Waals surface area (Å²) in [5.74, 6) is 0.646. The highest BCUT2D eigenvalue weighted by molar-refractivity contribution is 6.31. The number of rotatable bonds is 8. The molecule has 0 aliphatic rings. The predicted octanol–water partition coefficient (Wildman–Crippen LogP) is 3.08. The molecule has 3 nitrogen and oxygen atoms in total. The first-order chi connectivity index (χ1) is 9.41. The molecule has 0 aliphatic carbocycles. The number of hydrogen-bond acceptors (Lipinski definition) is 3. The average molecular weight is 298 g/mol. The maximum Gasteiger partial charge on any atom is 0.0471 e. The fraction of sp³-hybridized carbons (Fsp3) is 0.625. The van der Waals surface area contributed by atoms with Crippen molar-refractivity contribution in [2.24, 2.45) is 5.92 Å². The van der Waals surface area contributed by atoms with Gasteiger partial charge in [0.25, 0.3) is 0 Å². The first-order valence-corrected chi connectivity index (χ1v) is 7.63. The van der Waals surface area contributed by atoms with Gasteiger partial charge in [-0.2, -0.15) is 0 Å². The van der Waals surface area contributed by atoms with Crippen LogP contribution in [0.15, 0.2) is 18.2 Å². The first-order valence-electron chi connectivity index (χ1n) is 7.25. The van der Waals surface area contributed by atoms with Gasteiger partial charge in [0.15, 0.2) is 0 Å². The van der Waals surface area contributed by atoms with Crippen molar-refractivity contribution in [1.82, 2.24) is 10.2 Å². The Morgan fingerprint density at radius 3 is 2.45 bits per heavy atom. The van der Waals surface area contributed by atoms with Crippen molar-refractivity contribution >= 4 is 17.3 Å². The van der Waals surface area contributed by atoms with Crippen LogP contribution in [0, 0.1) is 5.92 Å². The first kappa shape index (κ1) is 17.3. The van der Waals surface area contributed by atoms with E-state index in [1.54, 1.807) is 0 Å². The molecule has 1 aromatic carbocycles. The van der Waals surface area contributed by atoms with Crippen molar-refractivity contribution in [1.29, 1.82) is 0 Å². The second-order valence-electron chi connectivity index (χ2n) is 5.99. The molecule has 0 radical (unpaired) electrons. The number of benzene rings is 1. The zero-order valence-electron chi connectivity index (χ0n) is 13.4. The Bertz CT molecular complexity index is 405. The molecule has 20 heavy (non-hydrogen) atoms. The Morgan fingerprint density at radius 1 is 1.15 bits per heavy atom. The molecule has 0 saturated heterocycles. The van der Waals surface area contributed by atoms with E-state index in [0.29, 0.717) is 5.92 Å². The van der Waals surface area contributed by atoms with Crippen LogP contribution in [0.2, 0.25) is 5.02 Å². The van der Waals surface area contributed by atoms with E-state index in [1.807, 2.05) is 12.1 Å². The van der Waals surface area contributed by atoms with Crippen molar-refractivity contribution in [3.05, 3.63) is 28.8 Å². The van der Waals surface area contributed by atoms with Gasteiger partial charge in [0.05, 0.1) is 0 Å². The highest BCUT2D eigenvalue weighted by atomic mass is 35.5. The topological polar surface area (TPSA) is 18.5 Å². The maximum atomic E-state index is 6.37. The molecule has 114 valence electrons. The summed E-state index contributed by atoms with van der Waals surface area (Å²) in [6, 6.07) is 6.14. The van der Waals surface area contributed by atoms with E-state index < -0.39 is 0 Å². The van der Waals surface area contributed by atoms with E-state index in [2.05, 4.69) is 56.2 Å². The largest absolute Gasteiger partial charge is 0.373 e. The van der Waals surface area contributed by atoms with Gasteiger partial charge < -0.3 is 15.1 Å². The summed E-state index contributed by atoms with van der Waals surface area (Å²) >= 11 is 6.37. The molecule has 1 N–H and O–H groups in total. The smallest absolute Gasteiger partial charge is 0.0471 e. The zero-order chi connectivity index (χ0) is 15.1. The molecule has 1 rings (SSSR count). The van der Waals surface area contributed by atoms with E-state index in [0.717, 1.165) is 31.2 Å². The van der Waals surface area contributed by atoms with Gasteiger partial charge in [-0.3, -0.25) is 0 Å². The summed E-state index contributed by atoms with van der Waals surface area (Å²) in [5, 5.41) is 4.32. The van der Waals surface area contributed by atoms with E-state index in [9.17, 15) is 0 Å². The van der Waals surface area contributed by atoms with E-state index >= 15 is 0 Å². The molecule has 0 atom stereocenters. The van der Waals surface area contributed by atoms with Crippen LogP contribution < -0.4 is 10.2 Å². The Kier molecular flexibility index (Phi) is 7.35. The molecule has 4 heteroatoms. The third-order valence-corrected chi connectivity index (χ3v) is 3.60. The summed E-state index contributed by atoms with van der Waals surface area (Å²) in [5.41, 5.74) is 2.41. The minimum atomic E-state index is 0.646. The Balaban J connectivity index is 2.76. The second kappa shape index (κ2) is 8.50. The molecule has 0 saturated carbocycles. The minimum absolute atomic E-state index is 0.646. The van der Waals surface area contributed by atoms with Crippen LogP contribution in [-0.4, -0.2) is 45.7 Å². The molecule has 0 fully saturated rings. The monoisotopic (exact) mass is 297 g/mol. The molecule has 0 aliphatic heterocycles. The van der Waals surface area contributed by atoms with Gasteiger partial charge in [-0.1, -0.05) is 31.5 Å². The SMILES string of the molecule is CC(C)CNCc1c(Cl)cccc1N(C)CCN(C)C. The van der Waals surface area contributed by atoms with Crippen molar-refractivity contribution in [2.75, 3.05) is 45.7 Å². The average Bonchev–Trinajstić information content (AvgIpc) is 2.37. The lowest BCUT2D eigenvalue weighted by Crippen LogP contribution is -2.30. The van der Waals surface area contributed by atoms with E-state index in [-0.39, 0.29) is 0 Å². The maximum absolute atomic E-state index is 6.37. The van der Waals surface area contributed by atoms with Gasteiger partial charge in [0.2, 0.25) is 0 Å². The van der Waals surface area contributed by atoms with Crippen molar-refractivity contribution < 1.29 is 0 Å².